The number of amides is 1. The Kier molecular flexibility index (Phi) is 5.10. The minimum atomic E-state index is -0.496. The number of benzene rings is 1. The smallest absolute Gasteiger partial charge is 0.271 e. The van der Waals surface area contributed by atoms with Crippen molar-refractivity contribution in [3.05, 3.63) is 34.4 Å². The zero-order valence-corrected chi connectivity index (χ0v) is 12.5. The van der Waals surface area contributed by atoms with E-state index in [9.17, 15) is 20.0 Å². The number of carbonyl (C=O) groups is 1. The summed E-state index contributed by atoms with van der Waals surface area (Å²) in [7, 11) is 0. The fourth-order valence-corrected chi connectivity index (χ4v) is 2.22. The first-order chi connectivity index (χ1) is 10.4. The highest BCUT2D eigenvalue weighted by Crippen LogP contribution is 2.44. The molecule has 1 atom stereocenters. The van der Waals surface area contributed by atoms with Gasteiger partial charge >= 0.3 is 0 Å². The van der Waals surface area contributed by atoms with E-state index in [-0.39, 0.29) is 36.1 Å². The highest BCUT2D eigenvalue weighted by Gasteiger charge is 2.41. The number of non-ortho nitro benzene ring substituents is 1. The van der Waals surface area contributed by atoms with Gasteiger partial charge in [-0.2, -0.15) is 0 Å². The van der Waals surface area contributed by atoms with Crippen molar-refractivity contribution in [2.75, 3.05) is 18.5 Å². The predicted molar refractivity (Wildman–Crippen MR) is 82.6 cm³/mol. The van der Waals surface area contributed by atoms with Gasteiger partial charge in [0.2, 0.25) is 5.91 Å². The molecule has 0 aromatic heterocycles. The number of rotatable bonds is 8. The fraction of sp³-hybridized carbons (Fsp3) is 0.533. The van der Waals surface area contributed by atoms with Gasteiger partial charge in [0.1, 0.15) is 0 Å². The number of aliphatic hydroxyl groups is 1. The Hall–Kier alpha value is -1.99. The maximum atomic E-state index is 11.9. The summed E-state index contributed by atoms with van der Waals surface area (Å²) >= 11 is 0. The largest absolute Gasteiger partial charge is 0.396 e. The number of nitrogens with zero attached hydrogens (tertiary/aromatic N) is 1. The van der Waals surface area contributed by atoms with Crippen LogP contribution < -0.4 is 10.6 Å². The van der Waals surface area contributed by atoms with Crippen molar-refractivity contribution < 1.29 is 14.8 Å². The van der Waals surface area contributed by atoms with Crippen LogP contribution in [0, 0.1) is 15.5 Å². The van der Waals surface area contributed by atoms with Crippen molar-refractivity contribution in [2.45, 2.75) is 32.2 Å². The molecule has 0 aliphatic heterocycles. The van der Waals surface area contributed by atoms with Crippen LogP contribution in [0.5, 0.6) is 0 Å². The van der Waals surface area contributed by atoms with Crippen LogP contribution in [-0.4, -0.2) is 35.1 Å². The molecule has 7 heteroatoms. The number of nitrogens with one attached hydrogen (secondary N) is 2. The lowest BCUT2D eigenvalue weighted by molar-refractivity contribution is -0.384. The molecule has 0 radical (unpaired) electrons. The van der Waals surface area contributed by atoms with E-state index in [1.54, 1.807) is 6.07 Å². The number of aliphatic hydroxyl groups excluding tert-OH is 1. The number of nitro benzene ring substituents is 1. The molecular weight excluding hydrogens is 286 g/mol. The predicted octanol–water partition coefficient (Wildman–Crippen LogP) is 1.67. The molecule has 3 N–H and O–H groups in total. The average molecular weight is 307 g/mol. The van der Waals surface area contributed by atoms with Crippen LogP contribution in [0.4, 0.5) is 11.4 Å². The summed E-state index contributed by atoms with van der Waals surface area (Å²) < 4.78 is 0. The van der Waals surface area contributed by atoms with E-state index in [1.165, 1.54) is 18.2 Å². The van der Waals surface area contributed by atoms with E-state index < -0.39 is 4.92 Å². The van der Waals surface area contributed by atoms with Crippen LogP contribution >= 0.6 is 0 Å². The van der Waals surface area contributed by atoms with Gasteiger partial charge < -0.3 is 15.7 Å². The molecule has 1 fully saturated rings. The molecule has 0 heterocycles. The normalized spacial score (nSPS) is 16.8. The second-order valence-electron chi connectivity index (χ2n) is 6.00. The first-order valence-electron chi connectivity index (χ1n) is 7.33. The van der Waals surface area contributed by atoms with Crippen LogP contribution in [0.15, 0.2) is 24.3 Å². The Morgan fingerprint density at radius 3 is 2.82 bits per heavy atom. The summed E-state index contributed by atoms with van der Waals surface area (Å²) in [5.74, 6) is -0.200. The van der Waals surface area contributed by atoms with Crippen molar-refractivity contribution in [2.24, 2.45) is 5.41 Å². The van der Waals surface area contributed by atoms with Crippen molar-refractivity contribution in [3.8, 4) is 0 Å². The molecule has 0 saturated heterocycles. The van der Waals surface area contributed by atoms with E-state index >= 15 is 0 Å². The van der Waals surface area contributed by atoms with Gasteiger partial charge in [-0.3, -0.25) is 14.9 Å². The number of nitro groups is 1. The molecule has 1 aromatic carbocycles. The van der Waals surface area contributed by atoms with Gasteiger partial charge in [-0.15, -0.1) is 0 Å². The summed E-state index contributed by atoms with van der Waals surface area (Å²) in [6, 6.07) is 5.84. The third kappa shape index (κ3) is 4.51. The molecular formula is C15H21N3O4. The minimum Gasteiger partial charge on any atom is -0.396 e. The molecule has 1 aromatic rings. The molecule has 22 heavy (non-hydrogen) atoms. The topological polar surface area (TPSA) is 104 Å². The highest BCUT2D eigenvalue weighted by molar-refractivity contribution is 5.91. The Balaban J connectivity index is 1.79. The van der Waals surface area contributed by atoms with E-state index in [4.69, 9.17) is 0 Å². The molecule has 1 aliphatic carbocycles. The summed E-state index contributed by atoms with van der Waals surface area (Å²) in [5.41, 5.74) is 0.369. The van der Waals surface area contributed by atoms with E-state index in [1.807, 2.05) is 6.92 Å². The third-order valence-corrected chi connectivity index (χ3v) is 3.95. The number of anilines is 1. The van der Waals surface area contributed by atoms with Crippen molar-refractivity contribution in [1.29, 1.82) is 0 Å². The molecule has 0 bridgehead atoms. The van der Waals surface area contributed by atoms with E-state index in [0.717, 1.165) is 12.8 Å². The Morgan fingerprint density at radius 1 is 1.50 bits per heavy atom. The first-order valence-corrected chi connectivity index (χ1v) is 7.33. The Labute approximate surface area is 128 Å². The van der Waals surface area contributed by atoms with Gasteiger partial charge in [0.05, 0.1) is 4.92 Å². The molecule has 0 spiro atoms. The van der Waals surface area contributed by atoms with Crippen LogP contribution in [0.25, 0.3) is 0 Å². The minimum absolute atomic E-state index is 0.00474. The molecule has 1 unspecified atom stereocenters. The monoisotopic (exact) mass is 307 g/mol. The summed E-state index contributed by atoms with van der Waals surface area (Å²) in [6.45, 7) is 2.78. The zero-order chi connectivity index (χ0) is 16.2. The Morgan fingerprint density at radius 2 is 2.23 bits per heavy atom. The van der Waals surface area contributed by atoms with Gasteiger partial charge in [0.25, 0.3) is 5.69 Å². The molecule has 1 saturated carbocycles. The molecule has 1 aliphatic rings. The second kappa shape index (κ2) is 6.85. The van der Waals surface area contributed by atoms with Crippen LogP contribution in [0.1, 0.15) is 26.2 Å². The molecule has 1 amide bonds. The molecule has 2 rings (SSSR count). The average Bonchev–Trinajstić information content (AvgIpc) is 3.26. The van der Waals surface area contributed by atoms with Gasteiger partial charge in [-0.05, 0) is 25.8 Å². The third-order valence-electron chi connectivity index (χ3n) is 3.95. The lowest BCUT2D eigenvalue weighted by atomic mass is 10.1. The molecule has 7 nitrogen and oxygen atoms in total. The summed E-state index contributed by atoms with van der Waals surface area (Å²) in [4.78, 5) is 22.1. The lowest BCUT2D eigenvalue weighted by Gasteiger charge is -2.18. The van der Waals surface area contributed by atoms with Gasteiger partial charge in [0, 0.05) is 48.8 Å². The van der Waals surface area contributed by atoms with Crippen molar-refractivity contribution in [1.82, 2.24) is 5.32 Å². The van der Waals surface area contributed by atoms with Crippen LogP contribution in [0.2, 0.25) is 0 Å². The molecule has 120 valence electrons. The number of carbonyl (C=O) groups excluding carboxylic acids is 1. The SMILES string of the molecule is CC(CC(=O)Nc1cccc([N+](=O)[O-])c1)NCC1(CO)CC1. The van der Waals surface area contributed by atoms with Crippen LogP contribution in [-0.2, 0) is 4.79 Å². The number of hydrogen-bond acceptors (Lipinski definition) is 5. The first kappa shape index (κ1) is 16.4. The highest BCUT2D eigenvalue weighted by atomic mass is 16.6. The van der Waals surface area contributed by atoms with Crippen molar-refractivity contribution in [3.63, 3.8) is 0 Å². The van der Waals surface area contributed by atoms with Crippen LogP contribution in [0.3, 0.4) is 0 Å². The Bertz CT molecular complexity index is 557. The second-order valence-corrected chi connectivity index (χ2v) is 6.00. The van der Waals surface area contributed by atoms with E-state index in [2.05, 4.69) is 10.6 Å². The van der Waals surface area contributed by atoms with Gasteiger partial charge in [-0.25, -0.2) is 0 Å². The summed E-state index contributed by atoms with van der Waals surface area (Å²) in [5, 5.41) is 25.9. The quantitative estimate of drug-likeness (QED) is 0.500. The van der Waals surface area contributed by atoms with Gasteiger partial charge in [0.15, 0.2) is 0 Å². The standard InChI is InChI=1S/C15H21N3O4/c1-11(16-9-15(10-19)5-6-15)7-14(20)17-12-3-2-4-13(8-12)18(21)22/h2-4,8,11,16,19H,5-7,9-10H2,1H3,(H,17,20). The number of hydrogen-bond donors (Lipinski definition) is 3. The maximum Gasteiger partial charge on any atom is 0.271 e. The zero-order valence-electron chi connectivity index (χ0n) is 12.5. The fourth-order valence-electron chi connectivity index (χ4n) is 2.22. The van der Waals surface area contributed by atoms with E-state index in [0.29, 0.717) is 12.2 Å². The van der Waals surface area contributed by atoms with Gasteiger partial charge in [-0.1, -0.05) is 6.07 Å². The summed E-state index contributed by atoms with van der Waals surface area (Å²) in [6.07, 6.45) is 2.30. The maximum absolute atomic E-state index is 11.9. The lowest BCUT2D eigenvalue weighted by Crippen LogP contribution is -2.36. The van der Waals surface area contributed by atoms with Crippen molar-refractivity contribution >= 4 is 17.3 Å².